The second-order valence-electron chi connectivity index (χ2n) is 7.47. The zero-order chi connectivity index (χ0) is 17.6. The molecule has 1 aromatic rings. The number of hydrogen-bond acceptors (Lipinski definition) is 3. The lowest BCUT2D eigenvalue weighted by Gasteiger charge is -2.28. The SMILES string of the molecule is CN1CCC(CC(=O)NCc2cccc(CN3CCCC3=O)c2)CC1. The van der Waals surface area contributed by atoms with Crippen LogP contribution in [0, 0.1) is 5.92 Å². The van der Waals surface area contributed by atoms with Crippen molar-refractivity contribution in [2.75, 3.05) is 26.7 Å². The smallest absolute Gasteiger partial charge is 0.222 e. The normalized spacial score (nSPS) is 19.4. The van der Waals surface area contributed by atoms with Gasteiger partial charge in [0.25, 0.3) is 0 Å². The van der Waals surface area contributed by atoms with E-state index in [-0.39, 0.29) is 11.8 Å². The Balaban J connectivity index is 1.45. The van der Waals surface area contributed by atoms with Crippen molar-refractivity contribution >= 4 is 11.8 Å². The van der Waals surface area contributed by atoms with Crippen LogP contribution in [0.5, 0.6) is 0 Å². The molecule has 0 bridgehead atoms. The third kappa shape index (κ3) is 5.30. The summed E-state index contributed by atoms with van der Waals surface area (Å²) in [6.45, 7) is 4.28. The predicted molar refractivity (Wildman–Crippen MR) is 97.8 cm³/mol. The summed E-state index contributed by atoms with van der Waals surface area (Å²) >= 11 is 0. The predicted octanol–water partition coefficient (Wildman–Crippen LogP) is 2.16. The molecular formula is C20H29N3O2. The van der Waals surface area contributed by atoms with Gasteiger partial charge in [-0.3, -0.25) is 9.59 Å². The third-order valence-corrected chi connectivity index (χ3v) is 5.34. The molecule has 1 aromatic carbocycles. The molecule has 3 rings (SSSR count). The van der Waals surface area contributed by atoms with Crippen molar-refractivity contribution in [1.29, 1.82) is 0 Å². The Hall–Kier alpha value is -1.88. The molecule has 5 nitrogen and oxygen atoms in total. The summed E-state index contributed by atoms with van der Waals surface area (Å²) in [6.07, 6.45) is 4.50. The van der Waals surface area contributed by atoms with E-state index in [0.717, 1.165) is 50.0 Å². The Bertz CT molecular complexity index is 609. The first-order chi connectivity index (χ1) is 12.1. The maximum atomic E-state index is 12.2. The summed E-state index contributed by atoms with van der Waals surface area (Å²) in [4.78, 5) is 28.2. The number of rotatable bonds is 6. The van der Waals surface area contributed by atoms with Crippen molar-refractivity contribution < 1.29 is 9.59 Å². The molecule has 0 aliphatic carbocycles. The van der Waals surface area contributed by atoms with Crippen LogP contribution in [0.1, 0.15) is 43.2 Å². The fourth-order valence-electron chi connectivity index (χ4n) is 3.73. The van der Waals surface area contributed by atoms with Crippen LogP contribution in [0.15, 0.2) is 24.3 Å². The van der Waals surface area contributed by atoms with Gasteiger partial charge in [0.1, 0.15) is 0 Å². The molecule has 136 valence electrons. The van der Waals surface area contributed by atoms with Crippen molar-refractivity contribution in [2.24, 2.45) is 5.92 Å². The Kier molecular flexibility index (Phi) is 6.08. The quantitative estimate of drug-likeness (QED) is 0.861. The van der Waals surface area contributed by atoms with Crippen LogP contribution >= 0.6 is 0 Å². The lowest BCUT2D eigenvalue weighted by molar-refractivity contribution is -0.128. The minimum atomic E-state index is 0.148. The first kappa shape index (κ1) is 17.9. The number of piperidine rings is 1. The molecule has 0 spiro atoms. The first-order valence-corrected chi connectivity index (χ1v) is 9.41. The first-order valence-electron chi connectivity index (χ1n) is 9.41. The Morgan fingerprint density at radius 2 is 1.96 bits per heavy atom. The maximum absolute atomic E-state index is 12.2. The van der Waals surface area contributed by atoms with E-state index in [0.29, 0.717) is 31.8 Å². The molecule has 2 saturated heterocycles. The lowest BCUT2D eigenvalue weighted by atomic mass is 9.93. The van der Waals surface area contributed by atoms with Crippen LogP contribution in [0.3, 0.4) is 0 Å². The van der Waals surface area contributed by atoms with Crippen molar-refractivity contribution in [3.05, 3.63) is 35.4 Å². The van der Waals surface area contributed by atoms with Gasteiger partial charge < -0.3 is 15.1 Å². The van der Waals surface area contributed by atoms with Crippen molar-refractivity contribution in [1.82, 2.24) is 15.1 Å². The average molecular weight is 343 g/mol. The van der Waals surface area contributed by atoms with Crippen LogP contribution in [-0.4, -0.2) is 48.3 Å². The highest BCUT2D eigenvalue weighted by Gasteiger charge is 2.20. The standard InChI is InChI=1S/C20H29N3O2/c1-22-10-7-16(8-11-22)13-19(24)21-14-17-4-2-5-18(12-17)15-23-9-3-6-20(23)25/h2,4-5,12,16H,3,6-11,13-15H2,1H3,(H,21,24). The molecule has 0 saturated carbocycles. The van der Waals surface area contributed by atoms with E-state index >= 15 is 0 Å². The molecule has 0 radical (unpaired) electrons. The summed E-state index contributed by atoms with van der Waals surface area (Å²) in [6, 6.07) is 8.19. The number of nitrogens with zero attached hydrogens (tertiary/aromatic N) is 2. The molecule has 5 heteroatoms. The average Bonchev–Trinajstić information content (AvgIpc) is 3.00. The number of hydrogen-bond donors (Lipinski definition) is 1. The van der Waals surface area contributed by atoms with E-state index in [1.54, 1.807) is 0 Å². The van der Waals surface area contributed by atoms with Crippen LogP contribution in [-0.2, 0) is 22.7 Å². The molecule has 2 aliphatic rings. The van der Waals surface area contributed by atoms with E-state index in [2.05, 4.69) is 29.4 Å². The number of nitrogens with one attached hydrogen (secondary N) is 1. The minimum Gasteiger partial charge on any atom is -0.352 e. The molecule has 0 atom stereocenters. The van der Waals surface area contributed by atoms with Crippen LogP contribution < -0.4 is 5.32 Å². The summed E-state index contributed by atoms with van der Waals surface area (Å²) < 4.78 is 0. The van der Waals surface area contributed by atoms with E-state index in [4.69, 9.17) is 0 Å². The highest BCUT2D eigenvalue weighted by Crippen LogP contribution is 2.19. The van der Waals surface area contributed by atoms with Gasteiger partial charge in [-0.05, 0) is 56.4 Å². The molecule has 2 heterocycles. The molecule has 2 fully saturated rings. The second-order valence-corrected chi connectivity index (χ2v) is 7.47. The highest BCUT2D eigenvalue weighted by atomic mass is 16.2. The zero-order valence-electron chi connectivity index (χ0n) is 15.2. The molecular weight excluding hydrogens is 314 g/mol. The summed E-state index contributed by atoms with van der Waals surface area (Å²) in [5.41, 5.74) is 2.23. The van der Waals surface area contributed by atoms with E-state index in [1.165, 1.54) is 0 Å². The van der Waals surface area contributed by atoms with Crippen molar-refractivity contribution in [2.45, 2.75) is 45.2 Å². The van der Waals surface area contributed by atoms with Gasteiger partial charge in [-0.15, -0.1) is 0 Å². The fraction of sp³-hybridized carbons (Fsp3) is 0.600. The van der Waals surface area contributed by atoms with Crippen LogP contribution in [0.2, 0.25) is 0 Å². The topological polar surface area (TPSA) is 52.7 Å². The van der Waals surface area contributed by atoms with Gasteiger partial charge in [0.05, 0.1) is 0 Å². The molecule has 0 unspecified atom stereocenters. The number of benzene rings is 1. The maximum Gasteiger partial charge on any atom is 0.222 e. The van der Waals surface area contributed by atoms with Gasteiger partial charge in [-0.1, -0.05) is 24.3 Å². The largest absolute Gasteiger partial charge is 0.352 e. The number of carbonyl (C=O) groups excluding carboxylic acids is 2. The second kappa shape index (κ2) is 8.48. The molecule has 25 heavy (non-hydrogen) atoms. The Morgan fingerprint density at radius 1 is 1.20 bits per heavy atom. The summed E-state index contributed by atoms with van der Waals surface area (Å²) in [5.74, 6) is 0.912. The highest BCUT2D eigenvalue weighted by molar-refractivity contribution is 5.78. The van der Waals surface area contributed by atoms with E-state index < -0.39 is 0 Å². The van der Waals surface area contributed by atoms with Gasteiger partial charge in [0.2, 0.25) is 11.8 Å². The Labute approximate surface area is 150 Å². The molecule has 0 aromatic heterocycles. The monoisotopic (exact) mass is 343 g/mol. The van der Waals surface area contributed by atoms with Crippen LogP contribution in [0.25, 0.3) is 0 Å². The van der Waals surface area contributed by atoms with Crippen molar-refractivity contribution in [3.63, 3.8) is 0 Å². The number of carbonyl (C=O) groups is 2. The van der Waals surface area contributed by atoms with Crippen molar-refractivity contribution in [3.8, 4) is 0 Å². The van der Waals surface area contributed by atoms with Gasteiger partial charge in [0, 0.05) is 32.5 Å². The molecule has 1 N–H and O–H groups in total. The molecule has 2 amide bonds. The zero-order valence-corrected chi connectivity index (χ0v) is 15.2. The minimum absolute atomic E-state index is 0.148. The fourth-order valence-corrected chi connectivity index (χ4v) is 3.73. The van der Waals surface area contributed by atoms with E-state index in [9.17, 15) is 9.59 Å². The Morgan fingerprint density at radius 3 is 2.68 bits per heavy atom. The third-order valence-electron chi connectivity index (χ3n) is 5.34. The number of likely N-dealkylation sites (tertiary alicyclic amines) is 2. The molecule has 2 aliphatic heterocycles. The summed E-state index contributed by atoms with van der Waals surface area (Å²) in [5, 5.41) is 3.05. The summed E-state index contributed by atoms with van der Waals surface area (Å²) in [7, 11) is 2.14. The van der Waals surface area contributed by atoms with E-state index in [1.807, 2.05) is 17.0 Å². The van der Waals surface area contributed by atoms with Gasteiger partial charge in [0.15, 0.2) is 0 Å². The lowest BCUT2D eigenvalue weighted by Crippen LogP contribution is -2.33. The number of amides is 2. The van der Waals surface area contributed by atoms with Crippen LogP contribution in [0.4, 0.5) is 0 Å². The van der Waals surface area contributed by atoms with Gasteiger partial charge in [-0.25, -0.2) is 0 Å². The van der Waals surface area contributed by atoms with Gasteiger partial charge >= 0.3 is 0 Å². The van der Waals surface area contributed by atoms with Gasteiger partial charge in [-0.2, -0.15) is 0 Å².